The number of nitrogens with one attached hydrogen (secondary N) is 1. The number of aryl methyl sites for hydroxylation is 1. The molecule has 1 aromatic carbocycles. The summed E-state index contributed by atoms with van der Waals surface area (Å²) < 4.78 is 25.8. The number of nitrogens with two attached hydrogens (primary N) is 1. The third-order valence-electron chi connectivity index (χ3n) is 6.17. The van der Waals surface area contributed by atoms with Gasteiger partial charge in [-0.25, -0.2) is 20.0 Å². The van der Waals surface area contributed by atoms with Gasteiger partial charge in [0.15, 0.2) is 11.5 Å². The molecule has 0 aliphatic carbocycles. The van der Waals surface area contributed by atoms with Gasteiger partial charge in [0.1, 0.15) is 29.4 Å². The molecule has 3 aromatic rings. The fourth-order valence-electron chi connectivity index (χ4n) is 4.12. The molecule has 11 nitrogen and oxygen atoms in total. The number of benzene rings is 1. The number of hydrogen-bond donors (Lipinski definition) is 2. The zero-order valence-electron chi connectivity index (χ0n) is 21.9. The van der Waals surface area contributed by atoms with Crippen molar-refractivity contribution in [2.75, 3.05) is 18.9 Å². The van der Waals surface area contributed by atoms with Crippen molar-refractivity contribution in [3.63, 3.8) is 0 Å². The summed E-state index contributed by atoms with van der Waals surface area (Å²) >= 11 is 0. The van der Waals surface area contributed by atoms with E-state index in [0.717, 1.165) is 12.8 Å². The number of imidazole rings is 1. The van der Waals surface area contributed by atoms with Gasteiger partial charge in [-0.1, -0.05) is 26.0 Å². The van der Waals surface area contributed by atoms with Crippen LogP contribution in [0.15, 0.2) is 36.9 Å². The van der Waals surface area contributed by atoms with Gasteiger partial charge in [0.25, 0.3) is 0 Å². The maximum atomic E-state index is 12.5. The highest BCUT2D eigenvalue weighted by molar-refractivity contribution is 7.45. The lowest BCUT2D eigenvalue weighted by Gasteiger charge is -2.29. The van der Waals surface area contributed by atoms with Gasteiger partial charge in [0, 0.05) is 5.92 Å². The van der Waals surface area contributed by atoms with Crippen LogP contribution in [0.1, 0.15) is 52.8 Å². The van der Waals surface area contributed by atoms with Crippen molar-refractivity contribution < 1.29 is 23.3 Å². The second kappa shape index (κ2) is 11.7. The van der Waals surface area contributed by atoms with Crippen LogP contribution in [0.25, 0.3) is 11.2 Å². The number of nitrogens with zero attached hydrogens (tertiary/aromatic N) is 4. The first-order valence-electron chi connectivity index (χ1n) is 12.4. The van der Waals surface area contributed by atoms with Crippen molar-refractivity contribution in [2.24, 2.45) is 5.92 Å². The fourth-order valence-corrected chi connectivity index (χ4v) is 5.45. The van der Waals surface area contributed by atoms with E-state index in [1.807, 2.05) is 28.8 Å². The Morgan fingerprint density at radius 3 is 2.70 bits per heavy atom. The average Bonchev–Trinajstić information content (AvgIpc) is 3.46. The number of esters is 1. The molecule has 4 atom stereocenters. The van der Waals surface area contributed by atoms with E-state index in [1.165, 1.54) is 11.9 Å². The van der Waals surface area contributed by atoms with Gasteiger partial charge in [0.05, 0.1) is 25.6 Å². The van der Waals surface area contributed by atoms with Gasteiger partial charge < -0.3 is 24.3 Å². The number of carbonyl (C=O) groups excluding carboxylic acids is 1. The molecule has 0 spiro atoms. The van der Waals surface area contributed by atoms with Gasteiger partial charge in [-0.15, -0.1) is 0 Å². The zero-order valence-corrected chi connectivity index (χ0v) is 22.8. The van der Waals surface area contributed by atoms with Crippen LogP contribution in [-0.4, -0.2) is 50.3 Å². The SMILES string of the molecule is CCOC(=O)C(C)(C)NP(OCC1CC(C)C(n2cnc3c(N)ncnc32)O1)Oc1ccc(CC)cc1. The van der Waals surface area contributed by atoms with Crippen LogP contribution in [0.4, 0.5) is 5.82 Å². The van der Waals surface area contributed by atoms with Gasteiger partial charge in [-0.3, -0.25) is 9.36 Å². The predicted molar refractivity (Wildman–Crippen MR) is 141 cm³/mol. The lowest BCUT2D eigenvalue weighted by Crippen LogP contribution is -2.46. The predicted octanol–water partition coefficient (Wildman–Crippen LogP) is 4.15. The summed E-state index contributed by atoms with van der Waals surface area (Å²) in [4.78, 5) is 25.2. The molecule has 3 heterocycles. The molecule has 0 radical (unpaired) electrons. The minimum absolute atomic E-state index is 0.180. The summed E-state index contributed by atoms with van der Waals surface area (Å²) in [7, 11) is -1.69. The number of aromatic nitrogens is 4. The number of anilines is 1. The maximum Gasteiger partial charge on any atom is 0.326 e. The summed E-state index contributed by atoms with van der Waals surface area (Å²) in [6.07, 6.45) is 4.33. The smallest absolute Gasteiger partial charge is 0.326 e. The van der Waals surface area contributed by atoms with Crippen LogP contribution in [0, 0.1) is 5.92 Å². The van der Waals surface area contributed by atoms with Gasteiger partial charge in [-0.2, -0.15) is 0 Å². The Hall–Kier alpha value is -2.85. The van der Waals surface area contributed by atoms with Gasteiger partial charge in [0.2, 0.25) is 0 Å². The number of nitrogen functional groups attached to an aromatic ring is 1. The van der Waals surface area contributed by atoms with Crippen molar-refractivity contribution in [1.29, 1.82) is 0 Å². The van der Waals surface area contributed by atoms with Crippen LogP contribution in [0.3, 0.4) is 0 Å². The van der Waals surface area contributed by atoms with Crippen LogP contribution >= 0.6 is 8.53 Å². The van der Waals surface area contributed by atoms with E-state index in [-0.39, 0.29) is 37.4 Å². The van der Waals surface area contributed by atoms with E-state index >= 15 is 0 Å². The Labute approximate surface area is 218 Å². The zero-order chi connectivity index (χ0) is 26.6. The third kappa shape index (κ3) is 6.35. The third-order valence-corrected chi connectivity index (χ3v) is 7.67. The summed E-state index contributed by atoms with van der Waals surface area (Å²) in [6, 6.07) is 7.83. The molecule has 0 saturated carbocycles. The summed E-state index contributed by atoms with van der Waals surface area (Å²) in [6.45, 7) is 10.0. The molecule has 12 heteroatoms. The lowest BCUT2D eigenvalue weighted by atomic mass is 10.1. The highest BCUT2D eigenvalue weighted by atomic mass is 31.2. The minimum Gasteiger partial charge on any atom is -0.465 e. The number of hydrogen-bond acceptors (Lipinski definition) is 10. The van der Waals surface area contributed by atoms with Crippen molar-refractivity contribution in [3.8, 4) is 5.75 Å². The highest BCUT2D eigenvalue weighted by Gasteiger charge is 2.38. The average molecular weight is 531 g/mol. The molecule has 0 bridgehead atoms. The van der Waals surface area contributed by atoms with Gasteiger partial charge >= 0.3 is 14.5 Å². The first-order valence-corrected chi connectivity index (χ1v) is 13.6. The molecule has 3 N–H and O–H groups in total. The van der Waals surface area contributed by atoms with Crippen LogP contribution < -0.4 is 15.3 Å². The molecule has 2 aromatic heterocycles. The second-order valence-corrected chi connectivity index (χ2v) is 10.7. The van der Waals surface area contributed by atoms with Crippen molar-refractivity contribution in [1.82, 2.24) is 24.6 Å². The summed E-state index contributed by atoms with van der Waals surface area (Å²) in [5.74, 6) is 0.783. The quantitative estimate of drug-likeness (QED) is 0.275. The van der Waals surface area contributed by atoms with E-state index in [1.54, 1.807) is 27.1 Å². The molecule has 4 rings (SSSR count). The molecule has 37 heavy (non-hydrogen) atoms. The van der Waals surface area contributed by atoms with Crippen molar-refractivity contribution in [3.05, 3.63) is 42.5 Å². The number of ether oxygens (including phenoxy) is 2. The number of fused-ring (bicyclic) bond motifs is 1. The number of carbonyl (C=O) groups is 1. The van der Waals surface area contributed by atoms with E-state index in [0.29, 0.717) is 22.7 Å². The van der Waals surface area contributed by atoms with Crippen LogP contribution in [-0.2, 0) is 25.2 Å². The van der Waals surface area contributed by atoms with E-state index < -0.39 is 14.1 Å². The summed E-state index contributed by atoms with van der Waals surface area (Å²) in [5, 5.41) is 3.20. The molecule has 1 saturated heterocycles. The molecule has 4 unspecified atom stereocenters. The lowest BCUT2D eigenvalue weighted by molar-refractivity contribution is -0.149. The Morgan fingerprint density at radius 1 is 1.24 bits per heavy atom. The van der Waals surface area contributed by atoms with Crippen molar-refractivity contribution >= 4 is 31.5 Å². The van der Waals surface area contributed by atoms with Crippen LogP contribution in [0.2, 0.25) is 0 Å². The summed E-state index contributed by atoms with van der Waals surface area (Å²) in [5.41, 5.74) is 7.32. The molecule has 0 amide bonds. The molecule has 1 fully saturated rings. The highest BCUT2D eigenvalue weighted by Crippen LogP contribution is 2.41. The molecular weight excluding hydrogens is 495 g/mol. The Morgan fingerprint density at radius 2 is 2.00 bits per heavy atom. The first-order chi connectivity index (χ1) is 17.7. The molecular formula is C25H35N6O5P. The van der Waals surface area contributed by atoms with E-state index in [2.05, 4.69) is 33.9 Å². The second-order valence-electron chi connectivity index (χ2n) is 9.54. The topological polar surface area (TPSA) is 136 Å². The monoisotopic (exact) mass is 530 g/mol. The molecule has 200 valence electrons. The first kappa shape index (κ1) is 27.2. The Bertz CT molecular complexity index is 1200. The molecule has 1 aliphatic rings. The largest absolute Gasteiger partial charge is 0.465 e. The minimum atomic E-state index is -1.69. The molecule has 1 aliphatic heterocycles. The van der Waals surface area contributed by atoms with Crippen molar-refractivity contribution in [2.45, 2.75) is 65.3 Å². The van der Waals surface area contributed by atoms with E-state index in [4.69, 9.17) is 24.3 Å². The Balaban J connectivity index is 1.45. The maximum absolute atomic E-state index is 12.5. The number of rotatable bonds is 11. The van der Waals surface area contributed by atoms with Gasteiger partial charge in [-0.05, 0) is 51.3 Å². The van der Waals surface area contributed by atoms with E-state index in [9.17, 15) is 4.79 Å². The normalized spacial score (nSPS) is 20.7. The fraction of sp³-hybridized carbons (Fsp3) is 0.520. The standard InChI is InChI=1S/C25H35N6O5P/c1-6-17-8-10-18(11-9-17)36-37(30-25(4,5)24(32)33-7-2)34-13-19-12-16(3)23(35-19)31-15-29-20-21(26)27-14-28-22(20)31/h8-11,14-16,19,23,30H,6-7,12-13H2,1-5H3,(H2,26,27,28). The Kier molecular flexibility index (Phi) is 8.59. The van der Waals surface area contributed by atoms with Crippen LogP contribution in [0.5, 0.6) is 5.75 Å².